The zero-order valence-corrected chi connectivity index (χ0v) is 16.1. The molecule has 3 rings (SSSR count). The van der Waals surface area contributed by atoms with E-state index in [1.807, 2.05) is 26.0 Å². The predicted octanol–water partition coefficient (Wildman–Crippen LogP) is 3.29. The highest BCUT2D eigenvalue weighted by atomic mass is 16.5. The van der Waals surface area contributed by atoms with E-state index in [2.05, 4.69) is 9.97 Å². The molecule has 0 aliphatic heterocycles. The third kappa shape index (κ3) is 4.34. The average molecular weight is 378 g/mol. The minimum atomic E-state index is -0.878. The molecule has 0 fully saturated rings. The first-order valence-corrected chi connectivity index (χ1v) is 9.14. The van der Waals surface area contributed by atoms with Gasteiger partial charge in [0.25, 0.3) is 5.56 Å². The highest BCUT2D eigenvalue weighted by Crippen LogP contribution is 2.15. The van der Waals surface area contributed by atoms with Gasteiger partial charge in [-0.2, -0.15) is 0 Å². The van der Waals surface area contributed by atoms with Crippen LogP contribution in [0.5, 0.6) is 0 Å². The van der Waals surface area contributed by atoms with Crippen molar-refractivity contribution in [1.82, 2.24) is 9.97 Å². The molecule has 0 radical (unpaired) electrons. The fourth-order valence-electron chi connectivity index (χ4n) is 3.00. The molecule has 0 spiro atoms. The van der Waals surface area contributed by atoms with Crippen LogP contribution in [0, 0.1) is 13.8 Å². The van der Waals surface area contributed by atoms with E-state index in [1.54, 1.807) is 37.3 Å². The number of Topliss-reactive ketones (excluding diaryl/α,β-unsaturated/α-hetero) is 1. The van der Waals surface area contributed by atoms with Crippen LogP contribution in [-0.2, 0) is 16.0 Å². The molecule has 1 N–H and O–H groups in total. The highest BCUT2D eigenvalue weighted by molar-refractivity contribution is 6.01. The number of H-pyrrole nitrogens is 1. The fraction of sp³-hybridized carbons (Fsp3) is 0.273. The van der Waals surface area contributed by atoms with Crippen LogP contribution in [0.25, 0.3) is 10.9 Å². The first-order valence-electron chi connectivity index (χ1n) is 9.14. The molecular formula is C22H22N2O4. The van der Waals surface area contributed by atoms with Crippen LogP contribution in [0.2, 0.25) is 0 Å². The molecule has 6 nitrogen and oxygen atoms in total. The minimum Gasteiger partial charge on any atom is -0.454 e. The molecule has 0 amide bonds. The molecule has 1 atom stereocenters. The van der Waals surface area contributed by atoms with E-state index >= 15 is 0 Å². The van der Waals surface area contributed by atoms with E-state index in [1.165, 1.54) is 0 Å². The SMILES string of the molecule is Cc1ccc(C)c(C(=O)[C@H](C)OC(=O)CCc2nc3ccccc3c(=O)[nH]2)c1. The standard InChI is InChI=1S/C22H22N2O4/c1-13-8-9-14(2)17(12-13)21(26)15(3)28-20(25)11-10-19-23-18-7-5-4-6-16(18)22(27)24-19/h4-9,12,15H,10-11H2,1-3H3,(H,23,24,27)/t15-/m0/s1. The van der Waals surface area contributed by atoms with E-state index in [0.717, 1.165) is 11.1 Å². The molecule has 3 aromatic rings. The van der Waals surface area contributed by atoms with Crippen LogP contribution in [0.15, 0.2) is 47.3 Å². The van der Waals surface area contributed by atoms with Gasteiger partial charge in [0.2, 0.25) is 5.78 Å². The third-order valence-corrected chi connectivity index (χ3v) is 4.56. The second-order valence-corrected chi connectivity index (χ2v) is 6.84. The Morgan fingerprint density at radius 1 is 1.14 bits per heavy atom. The number of ketones is 1. The number of ether oxygens (including phenoxy) is 1. The molecule has 144 valence electrons. The van der Waals surface area contributed by atoms with Crippen molar-refractivity contribution in [1.29, 1.82) is 0 Å². The Hall–Kier alpha value is -3.28. The summed E-state index contributed by atoms with van der Waals surface area (Å²) >= 11 is 0. The quantitative estimate of drug-likeness (QED) is 0.525. The molecule has 0 saturated carbocycles. The number of aromatic nitrogens is 2. The Bertz CT molecular complexity index is 1100. The number of para-hydroxylation sites is 1. The number of fused-ring (bicyclic) bond motifs is 1. The molecule has 0 aliphatic rings. The number of benzene rings is 2. The Balaban J connectivity index is 1.63. The first kappa shape index (κ1) is 19.5. The second-order valence-electron chi connectivity index (χ2n) is 6.84. The van der Waals surface area contributed by atoms with Crippen LogP contribution in [0.3, 0.4) is 0 Å². The van der Waals surface area contributed by atoms with Gasteiger partial charge < -0.3 is 9.72 Å². The first-order chi connectivity index (χ1) is 13.3. The van der Waals surface area contributed by atoms with Gasteiger partial charge in [-0.05, 0) is 44.5 Å². The van der Waals surface area contributed by atoms with E-state index < -0.39 is 12.1 Å². The highest BCUT2D eigenvalue weighted by Gasteiger charge is 2.21. The van der Waals surface area contributed by atoms with E-state index in [9.17, 15) is 14.4 Å². The molecule has 0 saturated heterocycles. The molecular weight excluding hydrogens is 356 g/mol. The van der Waals surface area contributed by atoms with E-state index in [4.69, 9.17) is 4.74 Å². The molecule has 0 bridgehead atoms. The van der Waals surface area contributed by atoms with Crippen molar-refractivity contribution in [3.05, 3.63) is 75.3 Å². The number of carbonyl (C=O) groups excluding carboxylic acids is 2. The summed E-state index contributed by atoms with van der Waals surface area (Å²) in [6.07, 6.45) is -0.633. The van der Waals surface area contributed by atoms with Crippen LogP contribution in [0.4, 0.5) is 0 Å². The maximum atomic E-state index is 12.6. The number of nitrogens with one attached hydrogen (secondary N) is 1. The number of nitrogens with zero attached hydrogens (tertiary/aromatic N) is 1. The van der Waals surface area contributed by atoms with Gasteiger partial charge in [-0.15, -0.1) is 0 Å². The lowest BCUT2D eigenvalue weighted by atomic mass is 9.99. The smallest absolute Gasteiger partial charge is 0.306 e. The third-order valence-electron chi connectivity index (χ3n) is 4.56. The minimum absolute atomic E-state index is 0.0195. The molecule has 6 heteroatoms. The van der Waals surface area contributed by atoms with Crippen LogP contribution in [-0.4, -0.2) is 27.8 Å². The lowest BCUT2D eigenvalue weighted by molar-refractivity contribution is -0.146. The van der Waals surface area contributed by atoms with Gasteiger partial charge in [0.1, 0.15) is 5.82 Å². The number of aromatic amines is 1. The Kier molecular flexibility index (Phi) is 5.68. The zero-order chi connectivity index (χ0) is 20.3. The van der Waals surface area contributed by atoms with Crippen molar-refractivity contribution in [3.63, 3.8) is 0 Å². The van der Waals surface area contributed by atoms with E-state index in [0.29, 0.717) is 22.3 Å². The lowest BCUT2D eigenvalue weighted by Gasteiger charge is -2.14. The van der Waals surface area contributed by atoms with Crippen molar-refractivity contribution in [2.24, 2.45) is 0 Å². The van der Waals surface area contributed by atoms with Crippen LogP contribution >= 0.6 is 0 Å². The van der Waals surface area contributed by atoms with Gasteiger partial charge in [0, 0.05) is 12.0 Å². The van der Waals surface area contributed by atoms with Gasteiger partial charge in [-0.1, -0.05) is 29.8 Å². The Labute approximate surface area is 162 Å². The Morgan fingerprint density at radius 3 is 2.68 bits per heavy atom. The summed E-state index contributed by atoms with van der Waals surface area (Å²) in [6.45, 7) is 5.32. The summed E-state index contributed by atoms with van der Waals surface area (Å²) < 4.78 is 5.29. The number of aryl methyl sites for hydroxylation is 3. The fourth-order valence-corrected chi connectivity index (χ4v) is 3.00. The topological polar surface area (TPSA) is 89.1 Å². The summed E-state index contributed by atoms with van der Waals surface area (Å²) in [5.74, 6) is -0.331. The molecule has 1 heterocycles. The average Bonchev–Trinajstić information content (AvgIpc) is 2.67. The monoisotopic (exact) mass is 378 g/mol. The number of carbonyl (C=O) groups is 2. The summed E-state index contributed by atoms with van der Waals surface area (Å²) in [5, 5.41) is 0.501. The van der Waals surface area contributed by atoms with Crippen molar-refractivity contribution in [2.75, 3.05) is 0 Å². The lowest BCUT2D eigenvalue weighted by Crippen LogP contribution is -2.25. The number of rotatable bonds is 6. The van der Waals surface area contributed by atoms with Gasteiger partial charge in [-0.3, -0.25) is 14.4 Å². The maximum Gasteiger partial charge on any atom is 0.306 e. The largest absolute Gasteiger partial charge is 0.454 e. The predicted molar refractivity (Wildman–Crippen MR) is 106 cm³/mol. The molecule has 28 heavy (non-hydrogen) atoms. The number of hydrogen-bond acceptors (Lipinski definition) is 5. The van der Waals surface area contributed by atoms with Crippen molar-refractivity contribution in [2.45, 2.75) is 39.7 Å². The van der Waals surface area contributed by atoms with Crippen LogP contribution < -0.4 is 5.56 Å². The van der Waals surface area contributed by atoms with Gasteiger partial charge in [0.05, 0.1) is 17.3 Å². The second kappa shape index (κ2) is 8.17. The van der Waals surface area contributed by atoms with Crippen molar-refractivity contribution in [3.8, 4) is 0 Å². The van der Waals surface area contributed by atoms with E-state index in [-0.39, 0.29) is 24.2 Å². The van der Waals surface area contributed by atoms with Gasteiger partial charge >= 0.3 is 5.97 Å². The Morgan fingerprint density at radius 2 is 1.89 bits per heavy atom. The maximum absolute atomic E-state index is 12.6. The number of esters is 1. The zero-order valence-electron chi connectivity index (χ0n) is 16.1. The summed E-state index contributed by atoms with van der Waals surface area (Å²) in [5.41, 5.74) is 2.71. The van der Waals surface area contributed by atoms with Gasteiger partial charge in [-0.25, -0.2) is 4.98 Å². The number of hydrogen-bond donors (Lipinski definition) is 1. The molecule has 0 aliphatic carbocycles. The van der Waals surface area contributed by atoms with Gasteiger partial charge in [0.15, 0.2) is 6.10 Å². The van der Waals surface area contributed by atoms with Crippen molar-refractivity contribution >= 4 is 22.7 Å². The van der Waals surface area contributed by atoms with Crippen LogP contribution in [0.1, 0.15) is 40.7 Å². The molecule has 2 aromatic carbocycles. The summed E-state index contributed by atoms with van der Waals surface area (Å²) in [7, 11) is 0. The van der Waals surface area contributed by atoms with Crippen molar-refractivity contribution < 1.29 is 14.3 Å². The summed E-state index contributed by atoms with van der Waals surface area (Å²) in [6, 6.07) is 12.6. The molecule has 1 aromatic heterocycles. The summed E-state index contributed by atoms with van der Waals surface area (Å²) in [4.78, 5) is 43.9. The molecule has 0 unspecified atom stereocenters. The normalized spacial score (nSPS) is 12.0.